The summed E-state index contributed by atoms with van der Waals surface area (Å²) < 4.78 is 5.31. The Morgan fingerprint density at radius 3 is 3.15 bits per heavy atom. The number of hydrogen-bond acceptors (Lipinski definition) is 4. The highest BCUT2D eigenvalue weighted by molar-refractivity contribution is 4.87. The van der Waals surface area contributed by atoms with E-state index in [0.717, 1.165) is 32.7 Å². The first-order valence-electron chi connectivity index (χ1n) is 4.71. The number of hydrogen-bond donors (Lipinski definition) is 1. The van der Waals surface area contributed by atoms with Crippen LogP contribution < -0.4 is 5.73 Å². The molecule has 1 aliphatic heterocycles. The quantitative estimate of drug-likeness (QED) is 0.666. The second kappa shape index (κ2) is 5.18. The first-order chi connectivity index (χ1) is 6.24. The minimum absolute atomic E-state index is 0.324. The van der Waals surface area contributed by atoms with Crippen LogP contribution in [0.25, 0.3) is 0 Å². The summed E-state index contributed by atoms with van der Waals surface area (Å²) in [5.41, 5.74) is 5.52. The third-order valence-corrected chi connectivity index (χ3v) is 2.40. The van der Waals surface area contributed by atoms with Gasteiger partial charge < -0.3 is 10.5 Å². The van der Waals surface area contributed by atoms with E-state index in [2.05, 4.69) is 11.8 Å². The fourth-order valence-electron chi connectivity index (χ4n) is 1.46. The Hall–Kier alpha value is -0.630. The van der Waals surface area contributed by atoms with Crippen LogP contribution >= 0.6 is 0 Å². The largest absolute Gasteiger partial charge is 0.379 e. The molecule has 1 rings (SSSR count). The number of nitrogens with zero attached hydrogens (tertiary/aromatic N) is 2. The summed E-state index contributed by atoms with van der Waals surface area (Å²) in [5, 5.41) is 8.51. The van der Waals surface area contributed by atoms with Gasteiger partial charge in [0, 0.05) is 19.1 Å². The predicted octanol–water partition coefficient (Wildman–Crippen LogP) is -0.0519. The van der Waals surface area contributed by atoms with Crippen molar-refractivity contribution in [2.24, 2.45) is 5.73 Å². The normalized spacial score (nSPS) is 26.7. The molecule has 0 spiro atoms. The first-order valence-corrected chi connectivity index (χ1v) is 4.71. The zero-order valence-corrected chi connectivity index (χ0v) is 8.07. The van der Waals surface area contributed by atoms with Crippen molar-refractivity contribution in [3.8, 4) is 6.07 Å². The molecule has 1 fully saturated rings. The average molecular weight is 183 g/mol. The van der Waals surface area contributed by atoms with E-state index < -0.39 is 0 Å². The van der Waals surface area contributed by atoms with Crippen molar-refractivity contribution in [1.82, 2.24) is 4.90 Å². The summed E-state index contributed by atoms with van der Waals surface area (Å²) in [6.45, 7) is 5.59. The van der Waals surface area contributed by atoms with Crippen LogP contribution in [0.2, 0.25) is 0 Å². The van der Waals surface area contributed by atoms with Crippen LogP contribution in [0.3, 0.4) is 0 Å². The zero-order chi connectivity index (χ0) is 9.68. The van der Waals surface area contributed by atoms with Gasteiger partial charge in [0.15, 0.2) is 0 Å². The molecule has 1 aliphatic rings. The third-order valence-electron chi connectivity index (χ3n) is 2.40. The summed E-state index contributed by atoms with van der Waals surface area (Å²) in [5.74, 6) is 0. The zero-order valence-electron chi connectivity index (χ0n) is 8.07. The molecule has 4 nitrogen and oxygen atoms in total. The predicted molar refractivity (Wildman–Crippen MR) is 50.1 cm³/mol. The van der Waals surface area contributed by atoms with Crippen molar-refractivity contribution >= 4 is 0 Å². The van der Waals surface area contributed by atoms with Gasteiger partial charge in [-0.25, -0.2) is 0 Å². The lowest BCUT2D eigenvalue weighted by molar-refractivity contribution is -0.000891. The molecule has 74 valence electrons. The van der Waals surface area contributed by atoms with Gasteiger partial charge in [0.25, 0.3) is 0 Å². The molecule has 0 bridgehead atoms. The lowest BCUT2D eigenvalue weighted by atomic mass is 10.2. The molecule has 1 saturated heterocycles. The molecule has 13 heavy (non-hydrogen) atoms. The molecule has 0 amide bonds. The molecule has 0 aromatic carbocycles. The van der Waals surface area contributed by atoms with Crippen LogP contribution in [0.15, 0.2) is 0 Å². The van der Waals surface area contributed by atoms with Gasteiger partial charge in [0.05, 0.1) is 25.3 Å². The molecule has 0 saturated carbocycles. The Labute approximate surface area is 79.3 Å². The van der Waals surface area contributed by atoms with E-state index in [0.29, 0.717) is 6.04 Å². The van der Waals surface area contributed by atoms with Crippen molar-refractivity contribution < 1.29 is 4.74 Å². The Bertz CT molecular complexity index is 190. The summed E-state index contributed by atoms with van der Waals surface area (Å²) in [6, 6.07) is 2.17. The number of morpholine rings is 1. The Morgan fingerprint density at radius 1 is 1.77 bits per heavy atom. The summed E-state index contributed by atoms with van der Waals surface area (Å²) in [7, 11) is 0. The molecule has 1 heterocycles. The van der Waals surface area contributed by atoms with Crippen LogP contribution in [0.4, 0.5) is 0 Å². The van der Waals surface area contributed by atoms with E-state index in [1.165, 1.54) is 0 Å². The van der Waals surface area contributed by atoms with Gasteiger partial charge >= 0.3 is 0 Å². The van der Waals surface area contributed by atoms with Gasteiger partial charge in [-0.2, -0.15) is 5.26 Å². The molecule has 0 aromatic rings. The number of nitriles is 1. The van der Waals surface area contributed by atoms with E-state index >= 15 is 0 Å². The van der Waals surface area contributed by atoms with Gasteiger partial charge in [-0.3, -0.25) is 4.90 Å². The Kier molecular flexibility index (Phi) is 4.16. The maximum Gasteiger partial charge on any atom is 0.0940 e. The summed E-state index contributed by atoms with van der Waals surface area (Å²) >= 11 is 0. The molecule has 4 heteroatoms. The number of rotatable bonds is 3. The van der Waals surface area contributed by atoms with E-state index in [1.54, 1.807) is 0 Å². The number of ether oxygens (including phenoxy) is 1. The van der Waals surface area contributed by atoms with Crippen LogP contribution in [-0.2, 0) is 4.74 Å². The second-order valence-corrected chi connectivity index (χ2v) is 3.48. The second-order valence-electron chi connectivity index (χ2n) is 3.48. The van der Waals surface area contributed by atoms with E-state index in [-0.39, 0.29) is 6.04 Å². The van der Waals surface area contributed by atoms with Crippen LogP contribution in [0, 0.1) is 11.3 Å². The van der Waals surface area contributed by atoms with E-state index in [4.69, 9.17) is 15.7 Å². The lowest BCUT2D eigenvalue weighted by Gasteiger charge is -2.33. The van der Waals surface area contributed by atoms with Crippen LogP contribution in [0.1, 0.15) is 13.3 Å². The van der Waals surface area contributed by atoms with Gasteiger partial charge in [-0.1, -0.05) is 0 Å². The minimum Gasteiger partial charge on any atom is -0.379 e. The van der Waals surface area contributed by atoms with E-state index in [1.807, 2.05) is 6.07 Å². The third kappa shape index (κ3) is 3.31. The smallest absolute Gasteiger partial charge is 0.0940 e. The molecule has 2 unspecified atom stereocenters. The van der Waals surface area contributed by atoms with Crippen LogP contribution in [-0.4, -0.2) is 43.3 Å². The lowest BCUT2D eigenvalue weighted by Crippen LogP contribution is -2.45. The highest BCUT2D eigenvalue weighted by atomic mass is 16.5. The maximum atomic E-state index is 8.51. The summed E-state index contributed by atoms with van der Waals surface area (Å²) in [6.07, 6.45) is 0.751. The highest BCUT2D eigenvalue weighted by Gasteiger charge is 2.18. The Balaban J connectivity index is 2.23. The van der Waals surface area contributed by atoms with Gasteiger partial charge in [0.1, 0.15) is 0 Å². The fraction of sp³-hybridized carbons (Fsp3) is 0.889. The molecular weight excluding hydrogens is 166 g/mol. The van der Waals surface area contributed by atoms with Crippen LogP contribution in [0.5, 0.6) is 0 Å². The van der Waals surface area contributed by atoms with Crippen molar-refractivity contribution in [3.05, 3.63) is 0 Å². The molecule has 2 N–H and O–H groups in total. The van der Waals surface area contributed by atoms with Gasteiger partial charge in [0.2, 0.25) is 0 Å². The van der Waals surface area contributed by atoms with Crippen molar-refractivity contribution in [1.29, 1.82) is 5.26 Å². The van der Waals surface area contributed by atoms with E-state index in [9.17, 15) is 0 Å². The molecule has 2 atom stereocenters. The standard InChI is InChI=1S/C9H17N3O/c1-8-7-13-5-4-12(8)3-2-9(11)6-10/h8-9H,2-5,7,11H2,1H3. The van der Waals surface area contributed by atoms with Gasteiger partial charge in [-0.05, 0) is 13.3 Å². The van der Waals surface area contributed by atoms with Gasteiger partial charge in [-0.15, -0.1) is 0 Å². The maximum absolute atomic E-state index is 8.51. The molecule has 0 aliphatic carbocycles. The SMILES string of the molecule is CC1COCCN1CCC(N)C#N. The molecule has 0 radical (unpaired) electrons. The first kappa shape index (κ1) is 10.5. The number of nitrogens with two attached hydrogens (primary N) is 1. The van der Waals surface area contributed by atoms with Crippen molar-refractivity contribution in [3.63, 3.8) is 0 Å². The topological polar surface area (TPSA) is 62.3 Å². The fourth-order valence-corrected chi connectivity index (χ4v) is 1.46. The minimum atomic E-state index is -0.324. The van der Waals surface area contributed by atoms with Crippen molar-refractivity contribution in [2.45, 2.75) is 25.4 Å². The van der Waals surface area contributed by atoms with Crippen molar-refractivity contribution in [2.75, 3.05) is 26.3 Å². The Morgan fingerprint density at radius 2 is 2.54 bits per heavy atom. The monoisotopic (exact) mass is 183 g/mol. The average Bonchev–Trinajstić information content (AvgIpc) is 2.16. The highest BCUT2D eigenvalue weighted by Crippen LogP contribution is 2.06. The summed E-state index contributed by atoms with van der Waals surface area (Å²) in [4.78, 5) is 2.32. The molecular formula is C9H17N3O. The molecule has 0 aromatic heterocycles.